The quantitative estimate of drug-likeness (QED) is 0.156. The Balaban J connectivity index is 1.16. The lowest BCUT2D eigenvalue weighted by molar-refractivity contribution is 0.660. The number of fused-ring (bicyclic) bond motifs is 9. The van der Waals surface area contributed by atoms with Crippen molar-refractivity contribution in [2.24, 2.45) is 0 Å². The van der Waals surface area contributed by atoms with Crippen LogP contribution < -0.4 is 4.90 Å². The van der Waals surface area contributed by atoms with E-state index in [9.17, 15) is 0 Å². The van der Waals surface area contributed by atoms with Crippen molar-refractivity contribution in [3.05, 3.63) is 223 Å². The summed E-state index contributed by atoms with van der Waals surface area (Å²) in [6, 6.07) is 77.6. The van der Waals surface area contributed by atoms with Gasteiger partial charge >= 0.3 is 0 Å². The van der Waals surface area contributed by atoms with E-state index < -0.39 is 0 Å². The number of para-hydroxylation sites is 1. The van der Waals surface area contributed by atoms with E-state index in [0.29, 0.717) is 0 Å². The Kier molecular flexibility index (Phi) is 7.92. The molecular weight excluding hydrogens is 739 g/mol. The number of hydrogen-bond donors (Lipinski definition) is 0. The van der Waals surface area contributed by atoms with Crippen LogP contribution in [0.2, 0.25) is 0 Å². The third-order valence-electron chi connectivity index (χ3n) is 13.1. The molecule has 0 saturated heterocycles. The monoisotopic (exact) mass is 779 g/mol. The van der Waals surface area contributed by atoms with E-state index in [0.717, 1.165) is 55.7 Å². The molecule has 0 unspecified atom stereocenters. The van der Waals surface area contributed by atoms with E-state index in [4.69, 9.17) is 4.42 Å². The zero-order valence-corrected chi connectivity index (χ0v) is 34.1. The average molecular weight is 780 g/mol. The second-order valence-electron chi connectivity index (χ2n) is 16.8. The summed E-state index contributed by atoms with van der Waals surface area (Å²) in [6.45, 7) is 4.73. The van der Waals surface area contributed by atoms with Gasteiger partial charge in [0.05, 0.1) is 5.69 Å². The highest BCUT2D eigenvalue weighted by atomic mass is 16.3. The molecule has 1 heterocycles. The van der Waals surface area contributed by atoms with Crippen LogP contribution in [0.3, 0.4) is 0 Å². The fourth-order valence-electron chi connectivity index (χ4n) is 10.1. The van der Waals surface area contributed by atoms with Gasteiger partial charge in [-0.25, -0.2) is 0 Å². The van der Waals surface area contributed by atoms with Gasteiger partial charge in [-0.3, -0.25) is 0 Å². The molecule has 0 spiro atoms. The first-order valence-corrected chi connectivity index (χ1v) is 21.2. The van der Waals surface area contributed by atoms with E-state index in [1.54, 1.807) is 0 Å². The minimum atomic E-state index is -0.161. The van der Waals surface area contributed by atoms with Crippen LogP contribution in [-0.2, 0) is 5.41 Å². The van der Waals surface area contributed by atoms with Gasteiger partial charge in [-0.05, 0) is 126 Å². The molecule has 0 fully saturated rings. The van der Waals surface area contributed by atoms with E-state index in [1.807, 2.05) is 6.07 Å². The summed E-state index contributed by atoms with van der Waals surface area (Å²) in [5.74, 6) is 0. The van der Waals surface area contributed by atoms with Gasteiger partial charge in [0.15, 0.2) is 0 Å². The van der Waals surface area contributed by atoms with Gasteiger partial charge in [0, 0.05) is 33.1 Å². The first-order valence-electron chi connectivity index (χ1n) is 21.2. The van der Waals surface area contributed by atoms with Crippen molar-refractivity contribution >= 4 is 60.5 Å². The average Bonchev–Trinajstić information content (AvgIpc) is 3.80. The lowest BCUT2D eigenvalue weighted by atomic mass is 9.82. The standard InChI is InChI=1S/C59H41NO/c1-59(2)53-24-12-10-21-48(53)49-34-32-43(37-54(49)59)60(42-30-27-39(28-31-42)38-15-4-3-5-16-38)55-25-14-23-45(41-29-33-51-50-22-11-13-26-56(50)61-57(51)36-41)58(55)52-35-40-17-6-7-18-44(40)46-19-8-9-20-47(46)52/h3-37H,1-2H3. The Morgan fingerprint density at radius 1 is 0.361 bits per heavy atom. The number of hydrogen-bond acceptors (Lipinski definition) is 2. The van der Waals surface area contributed by atoms with Gasteiger partial charge in [-0.2, -0.15) is 0 Å². The molecule has 2 nitrogen and oxygen atoms in total. The molecule has 288 valence electrons. The summed E-state index contributed by atoms with van der Waals surface area (Å²) in [5.41, 5.74) is 17.2. The molecule has 0 bridgehead atoms. The number of furan rings is 1. The summed E-state index contributed by atoms with van der Waals surface area (Å²) in [7, 11) is 0. The lowest BCUT2D eigenvalue weighted by Gasteiger charge is -2.31. The summed E-state index contributed by atoms with van der Waals surface area (Å²) >= 11 is 0. The van der Waals surface area contributed by atoms with E-state index in [2.05, 4.69) is 225 Å². The zero-order valence-electron chi connectivity index (χ0n) is 34.1. The molecule has 2 heteroatoms. The molecule has 12 rings (SSSR count). The first kappa shape index (κ1) is 35.3. The Morgan fingerprint density at radius 2 is 0.984 bits per heavy atom. The molecule has 1 aliphatic rings. The van der Waals surface area contributed by atoms with Crippen molar-refractivity contribution in [1.29, 1.82) is 0 Å². The van der Waals surface area contributed by atoms with Crippen LogP contribution in [0.4, 0.5) is 17.1 Å². The summed E-state index contributed by atoms with van der Waals surface area (Å²) in [4.78, 5) is 2.48. The van der Waals surface area contributed by atoms with Crippen molar-refractivity contribution < 1.29 is 4.42 Å². The van der Waals surface area contributed by atoms with Crippen molar-refractivity contribution in [1.82, 2.24) is 0 Å². The minimum absolute atomic E-state index is 0.161. The highest BCUT2D eigenvalue weighted by molar-refractivity contribution is 6.17. The summed E-state index contributed by atoms with van der Waals surface area (Å²) in [5, 5.41) is 7.16. The molecule has 0 radical (unpaired) electrons. The molecule has 0 amide bonds. The topological polar surface area (TPSA) is 16.4 Å². The van der Waals surface area contributed by atoms with E-state index >= 15 is 0 Å². The van der Waals surface area contributed by atoms with Crippen LogP contribution in [0, 0.1) is 0 Å². The lowest BCUT2D eigenvalue weighted by Crippen LogP contribution is -2.17. The third-order valence-corrected chi connectivity index (χ3v) is 13.1. The summed E-state index contributed by atoms with van der Waals surface area (Å²) < 4.78 is 6.53. The van der Waals surface area contributed by atoms with Gasteiger partial charge in [0.25, 0.3) is 0 Å². The maximum atomic E-state index is 6.53. The Labute approximate surface area is 355 Å². The van der Waals surface area contributed by atoms with Crippen molar-refractivity contribution in [2.45, 2.75) is 19.3 Å². The number of rotatable bonds is 6. The van der Waals surface area contributed by atoms with Crippen LogP contribution in [0.1, 0.15) is 25.0 Å². The highest BCUT2D eigenvalue weighted by Crippen LogP contribution is 2.53. The number of benzene rings is 10. The fraction of sp³-hybridized carbons (Fsp3) is 0.0508. The van der Waals surface area contributed by atoms with Crippen LogP contribution in [0.25, 0.3) is 88.0 Å². The molecule has 0 atom stereocenters. The summed E-state index contributed by atoms with van der Waals surface area (Å²) in [6.07, 6.45) is 0. The molecule has 10 aromatic carbocycles. The first-order chi connectivity index (χ1) is 30.0. The third kappa shape index (κ3) is 5.56. The number of anilines is 3. The maximum Gasteiger partial charge on any atom is 0.136 e. The van der Waals surface area contributed by atoms with Gasteiger partial charge in [0.1, 0.15) is 11.2 Å². The Morgan fingerprint density at radius 3 is 1.84 bits per heavy atom. The molecule has 11 aromatic rings. The largest absolute Gasteiger partial charge is 0.456 e. The highest BCUT2D eigenvalue weighted by Gasteiger charge is 2.36. The SMILES string of the molecule is CC1(C)c2ccccc2-c2ccc(N(c3ccc(-c4ccccc4)cc3)c3cccc(-c4ccc5c(c4)oc4ccccc45)c3-c3cc4ccccc4c4ccccc34)cc21. The maximum absolute atomic E-state index is 6.53. The molecule has 1 aliphatic carbocycles. The minimum Gasteiger partial charge on any atom is -0.456 e. The van der Waals surface area contributed by atoms with Crippen LogP contribution in [0.15, 0.2) is 217 Å². The zero-order chi connectivity index (χ0) is 40.7. The molecule has 0 aliphatic heterocycles. The molecule has 0 N–H and O–H groups in total. The van der Waals surface area contributed by atoms with Crippen LogP contribution in [-0.4, -0.2) is 0 Å². The fourth-order valence-corrected chi connectivity index (χ4v) is 10.1. The van der Waals surface area contributed by atoms with Crippen molar-refractivity contribution in [3.8, 4) is 44.5 Å². The van der Waals surface area contributed by atoms with E-state index in [-0.39, 0.29) is 5.41 Å². The van der Waals surface area contributed by atoms with Crippen molar-refractivity contribution in [3.63, 3.8) is 0 Å². The number of nitrogens with zero attached hydrogens (tertiary/aromatic N) is 1. The van der Waals surface area contributed by atoms with Gasteiger partial charge in [0.2, 0.25) is 0 Å². The van der Waals surface area contributed by atoms with Crippen LogP contribution in [0.5, 0.6) is 0 Å². The second kappa shape index (κ2) is 13.7. The molecule has 0 saturated carbocycles. The predicted octanol–water partition coefficient (Wildman–Crippen LogP) is 16.7. The second-order valence-corrected chi connectivity index (χ2v) is 16.8. The van der Waals surface area contributed by atoms with Gasteiger partial charge < -0.3 is 9.32 Å². The molecule has 1 aromatic heterocycles. The van der Waals surface area contributed by atoms with E-state index in [1.165, 1.54) is 60.5 Å². The Hall–Kier alpha value is -7.68. The predicted molar refractivity (Wildman–Crippen MR) is 257 cm³/mol. The smallest absolute Gasteiger partial charge is 0.136 e. The van der Waals surface area contributed by atoms with Gasteiger partial charge in [-0.1, -0.05) is 172 Å². The molecule has 61 heavy (non-hydrogen) atoms. The molecular formula is C59H41NO. The van der Waals surface area contributed by atoms with Crippen molar-refractivity contribution in [2.75, 3.05) is 4.90 Å². The normalized spacial score (nSPS) is 12.9. The van der Waals surface area contributed by atoms with Gasteiger partial charge in [-0.15, -0.1) is 0 Å². The van der Waals surface area contributed by atoms with Crippen LogP contribution >= 0.6 is 0 Å². The Bertz CT molecular complexity index is 3500.